The van der Waals surface area contributed by atoms with Crippen LogP contribution in [0, 0.1) is 0 Å². The second-order valence-electron chi connectivity index (χ2n) is 4.24. The Hall–Kier alpha value is -2.24. The molecule has 0 saturated heterocycles. The first-order valence-electron chi connectivity index (χ1n) is 6.46. The molecule has 0 spiro atoms. The Morgan fingerprint density at radius 1 is 1.29 bits per heavy atom. The predicted molar refractivity (Wildman–Crippen MR) is 84.9 cm³/mol. The van der Waals surface area contributed by atoms with Gasteiger partial charge in [-0.25, -0.2) is 13.2 Å². The summed E-state index contributed by atoms with van der Waals surface area (Å²) in [7, 11) is -3.30. The maximum atomic E-state index is 11.6. The van der Waals surface area contributed by atoms with Crippen LogP contribution in [-0.4, -0.2) is 26.7 Å². The molecule has 7 heteroatoms. The van der Waals surface area contributed by atoms with E-state index in [1.54, 1.807) is 37.3 Å². The highest BCUT2D eigenvalue weighted by Gasteiger charge is 2.08. The molecule has 0 unspecified atom stereocenters. The molecule has 1 aromatic carbocycles. The Labute approximate surface area is 125 Å². The molecule has 0 atom stereocenters. The molecule has 0 aromatic heterocycles. The van der Waals surface area contributed by atoms with Crippen molar-refractivity contribution < 1.29 is 13.2 Å². The van der Waals surface area contributed by atoms with Crippen molar-refractivity contribution in [2.75, 3.05) is 22.3 Å². The number of hydrogen-bond acceptors (Lipinski definition) is 3. The summed E-state index contributed by atoms with van der Waals surface area (Å²) in [5, 5.41) is 5.20. The van der Waals surface area contributed by atoms with E-state index in [9.17, 15) is 13.2 Å². The quantitative estimate of drug-likeness (QED) is 0.675. The molecule has 0 aliphatic rings. The van der Waals surface area contributed by atoms with Gasteiger partial charge in [-0.15, -0.1) is 5.73 Å². The lowest BCUT2D eigenvalue weighted by atomic mass is 10.3. The molecule has 0 aliphatic carbocycles. The van der Waals surface area contributed by atoms with Gasteiger partial charge in [0.05, 0.1) is 5.75 Å². The average molecular weight is 309 g/mol. The van der Waals surface area contributed by atoms with E-state index < -0.39 is 10.0 Å². The van der Waals surface area contributed by atoms with Gasteiger partial charge in [0.2, 0.25) is 10.0 Å². The van der Waals surface area contributed by atoms with Gasteiger partial charge in [0.15, 0.2) is 0 Å². The Kier molecular flexibility index (Phi) is 6.52. The molecule has 1 rings (SSSR count). The van der Waals surface area contributed by atoms with Gasteiger partial charge in [-0.05, 0) is 36.8 Å². The van der Waals surface area contributed by atoms with Gasteiger partial charge in [0.1, 0.15) is 0 Å². The Morgan fingerprint density at radius 3 is 2.48 bits per heavy atom. The average Bonchev–Trinajstić information content (AvgIpc) is 2.41. The van der Waals surface area contributed by atoms with Crippen LogP contribution in [0.1, 0.15) is 13.3 Å². The number of carbonyl (C=O) groups is 1. The highest BCUT2D eigenvalue weighted by Crippen LogP contribution is 2.15. The first kappa shape index (κ1) is 16.8. The summed E-state index contributed by atoms with van der Waals surface area (Å²) in [4.78, 5) is 11.5. The fourth-order valence-corrected chi connectivity index (χ4v) is 2.65. The van der Waals surface area contributed by atoms with Crippen LogP contribution in [0.15, 0.2) is 42.7 Å². The highest BCUT2D eigenvalue weighted by molar-refractivity contribution is 7.92. The van der Waals surface area contributed by atoms with Gasteiger partial charge in [0.25, 0.3) is 0 Å². The first-order valence-corrected chi connectivity index (χ1v) is 8.12. The smallest absolute Gasteiger partial charge is 0.319 e. The van der Waals surface area contributed by atoms with Crippen LogP contribution < -0.4 is 15.4 Å². The van der Waals surface area contributed by atoms with Gasteiger partial charge in [0, 0.05) is 17.9 Å². The fourth-order valence-electron chi connectivity index (χ4n) is 1.51. The van der Waals surface area contributed by atoms with Crippen LogP contribution in [0.5, 0.6) is 0 Å². The summed E-state index contributed by atoms with van der Waals surface area (Å²) in [6.07, 6.45) is 2.14. The van der Waals surface area contributed by atoms with Crippen LogP contribution in [0.2, 0.25) is 0 Å². The standard InChI is InChI=1S/C14H19N3O3S/c1-3-5-10-15-14(18)16-12-6-8-13(9-7-12)17-21(19,20)11-4-2/h5-9,17H,1,4,10-11H2,2H3,(H2,15,16,18). The first-order chi connectivity index (χ1) is 9.96. The lowest BCUT2D eigenvalue weighted by molar-refractivity contribution is 0.253. The van der Waals surface area contributed by atoms with Crippen LogP contribution in [0.25, 0.3) is 0 Å². The van der Waals surface area contributed by atoms with E-state index in [0.717, 1.165) is 0 Å². The van der Waals surface area contributed by atoms with Crippen molar-refractivity contribution in [3.63, 3.8) is 0 Å². The van der Waals surface area contributed by atoms with E-state index in [2.05, 4.69) is 27.7 Å². The number of urea groups is 1. The van der Waals surface area contributed by atoms with Crippen molar-refractivity contribution in [2.45, 2.75) is 13.3 Å². The second-order valence-corrected chi connectivity index (χ2v) is 6.08. The third kappa shape index (κ3) is 6.65. The highest BCUT2D eigenvalue weighted by atomic mass is 32.2. The second kappa shape index (κ2) is 8.14. The maximum Gasteiger partial charge on any atom is 0.319 e. The summed E-state index contributed by atoms with van der Waals surface area (Å²) in [5.41, 5.74) is 3.57. The van der Waals surface area contributed by atoms with Gasteiger partial charge < -0.3 is 10.6 Å². The minimum absolute atomic E-state index is 0.0756. The van der Waals surface area contributed by atoms with Crippen molar-refractivity contribution in [1.82, 2.24) is 5.32 Å². The number of sulfonamides is 1. The van der Waals surface area contributed by atoms with E-state index >= 15 is 0 Å². The number of anilines is 2. The molecule has 0 radical (unpaired) electrons. The third-order valence-electron chi connectivity index (χ3n) is 2.40. The Bertz CT molecular complexity index is 617. The molecule has 6 nitrogen and oxygen atoms in total. The summed E-state index contributed by atoms with van der Waals surface area (Å²) in [6.45, 7) is 5.52. The minimum atomic E-state index is -3.30. The lowest BCUT2D eigenvalue weighted by Crippen LogP contribution is -2.28. The van der Waals surface area contributed by atoms with Gasteiger partial charge in [-0.2, -0.15) is 0 Å². The maximum absolute atomic E-state index is 11.6. The number of benzene rings is 1. The monoisotopic (exact) mass is 309 g/mol. The minimum Gasteiger partial charge on any atom is -0.334 e. The number of amides is 2. The van der Waals surface area contributed by atoms with E-state index in [1.165, 1.54) is 0 Å². The van der Waals surface area contributed by atoms with Crippen LogP contribution in [0.4, 0.5) is 16.2 Å². The van der Waals surface area contributed by atoms with Gasteiger partial charge in [-0.3, -0.25) is 4.72 Å². The van der Waals surface area contributed by atoms with Crippen molar-refractivity contribution >= 4 is 27.4 Å². The molecule has 0 heterocycles. The van der Waals surface area contributed by atoms with Crippen LogP contribution in [-0.2, 0) is 10.0 Å². The number of hydrogen-bond donors (Lipinski definition) is 3. The normalized spacial score (nSPS) is 10.3. The van der Waals surface area contributed by atoms with Gasteiger partial charge in [-0.1, -0.05) is 13.5 Å². The number of carbonyl (C=O) groups excluding carboxylic acids is 1. The fraction of sp³-hybridized carbons (Fsp3) is 0.286. The summed E-state index contributed by atoms with van der Waals surface area (Å²) < 4.78 is 25.7. The van der Waals surface area contributed by atoms with Crippen molar-refractivity contribution in [2.24, 2.45) is 0 Å². The van der Waals surface area contributed by atoms with Crippen LogP contribution in [0.3, 0.4) is 0 Å². The van der Waals surface area contributed by atoms with Crippen molar-refractivity contribution in [3.8, 4) is 0 Å². The zero-order valence-electron chi connectivity index (χ0n) is 11.8. The largest absolute Gasteiger partial charge is 0.334 e. The van der Waals surface area contributed by atoms with E-state index in [1.807, 2.05) is 0 Å². The topological polar surface area (TPSA) is 87.3 Å². The molecule has 0 saturated carbocycles. The van der Waals surface area contributed by atoms with E-state index in [4.69, 9.17) is 0 Å². The lowest BCUT2D eigenvalue weighted by Gasteiger charge is -2.09. The van der Waals surface area contributed by atoms with Crippen molar-refractivity contribution in [1.29, 1.82) is 0 Å². The molecule has 1 aromatic rings. The molecule has 2 amide bonds. The van der Waals surface area contributed by atoms with Crippen molar-refractivity contribution in [3.05, 3.63) is 42.7 Å². The molecule has 0 bridgehead atoms. The molecule has 3 N–H and O–H groups in total. The molecule has 0 aliphatic heterocycles. The van der Waals surface area contributed by atoms with Crippen LogP contribution >= 0.6 is 0 Å². The Morgan fingerprint density at radius 2 is 1.90 bits per heavy atom. The summed E-state index contributed by atoms with van der Waals surface area (Å²) in [5.74, 6) is 0.0756. The zero-order chi connectivity index (χ0) is 15.7. The molecule has 0 fully saturated rings. The number of rotatable bonds is 7. The van der Waals surface area contributed by atoms with E-state index in [0.29, 0.717) is 24.3 Å². The predicted octanol–water partition coefficient (Wildman–Crippen LogP) is 2.30. The van der Waals surface area contributed by atoms with Gasteiger partial charge >= 0.3 is 6.03 Å². The molecular formula is C14H19N3O3S. The molecule has 114 valence electrons. The third-order valence-corrected chi connectivity index (χ3v) is 3.89. The molecular weight excluding hydrogens is 290 g/mol. The Balaban J connectivity index is 2.58. The SMILES string of the molecule is C=C=CCNC(=O)Nc1ccc(NS(=O)(=O)CCC)cc1. The summed E-state index contributed by atoms with van der Waals surface area (Å²) >= 11 is 0. The number of nitrogens with one attached hydrogen (secondary N) is 3. The molecule has 21 heavy (non-hydrogen) atoms. The van der Waals surface area contributed by atoms with E-state index in [-0.39, 0.29) is 11.8 Å². The summed E-state index contributed by atoms with van der Waals surface area (Å²) in [6, 6.07) is 6.05. The zero-order valence-corrected chi connectivity index (χ0v) is 12.7.